The van der Waals surface area contributed by atoms with Crippen molar-refractivity contribution in [3.63, 3.8) is 0 Å². The molecule has 1 aromatic heterocycles. The summed E-state index contributed by atoms with van der Waals surface area (Å²) in [6, 6.07) is 13.4. The fourth-order valence-corrected chi connectivity index (χ4v) is 2.05. The first-order valence-corrected chi connectivity index (χ1v) is 7.43. The fourth-order valence-electron chi connectivity index (χ4n) is 2.05. The van der Waals surface area contributed by atoms with E-state index in [1.54, 1.807) is 25.4 Å². The van der Waals surface area contributed by atoms with E-state index in [2.05, 4.69) is 27.4 Å². The molecule has 0 aliphatic carbocycles. The number of hydrogen-bond donors (Lipinski definition) is 2. The van der Waals surface area contributed by atoms with Gasteiger partial charge in [-0.1, -0.05) is 18.2 Å². The Hall–Kier alpha value is -2.76. The molecule has 6 heteroatoms. The normalized spacial score (nSPS) is 11.4. The zero-order valence-electron chi connectivity index (χ0n) is 13.6. The number of aromatic nitrogens is 1. The van der Waals surface area contributed by atoms with Crippen molar-refractivity contribution in [1.82, 2.24) is 10.3 Å². The number of urea groups is 1. The summed E-state index contributed by atoms with van der Waals surface area (Å²) in [5, 5.41) is 5.60. The Morgan fingerprint density at radius 2 is 2.00 bits per heavy atom. The Labute approximate surface area is 136 Å². The van der Waals surface area contributed by atoms with Crippen LogP contribution in [0.3, 0.4) is 0 Å². The summed E-state index contributed by atoms with van der Waals surface area (Å²) in [4.78, 5) is 18.1. The van der Waals surface area contributed by atoms with Crippen LogP contribution < -0.4 is 20.3 Å². The number of benzene rings is 1. The van der Waals surface area contributed by atoms with E-state index < -0.39 is 0 Å². The minimum absolute atomic E-state index is 0.164. The highest BCUT2D eigenvalue weighted by Gasteiger charge is 2.11. The summed E-state index contributed by atoms with van der Waals surface area (Å²) in [6.07, 6.45) is 1.55. The lowest BCUT2D eigenvalue weighted by atomic mass is 10.2. The number of nitrogens with one attached hydrogen (secondary N) is 2. The van der Waals surface area contributed by atoms with Gasteiger partial charge in [-0.2, -0.15) is 0 Å². The molecule has 0 fully saturated rings. The Balaban J connectivity index is 1.81. The van der Waals surface area contributed by atoms with E-state index >= 15 is 0 Å². The molecule has 0 spiro atoms. The molecule has 1 heterocycles. The molecule has 2 N–H and O–H groups in total. The Kier molecular flexibility index (Phi) is 5.80. The summed E-state index contributed by atoms with van der Waals surface area (Å²) in [5.74, 6) is 0.508. The third kappa shape index (κ3) is 4.88. The predicted octanol–water partition coefficient (Wildman–Crippen LogP) is 2.74. The molecule has 6 nitrogen and oxygen atoms in total. The fraction of sp³-hybridized carbons (Fsp3) is 0.294. The highest BCUT2D eigenvalue weighted by Crippen LogP contribution is 2.14. The van der Waals surface area contributed by atoms with Crippen LogP contribution in [0, 0.1) is 0 Å². The van der Waals surface area contributed by atoms with E-state index in [1.165, 1.54) is 0 Å². The second-order valence-electron chi connectivity index (χ2n) is 5.22. The molecule has 0 saturated heterocycles. The third-order valence-corrected chi connectivity index (χ3v) is 3.59. The maximum atomic E-state index is 11.9. The zero-order chi connectivity index (χ0) is 16.7. The number of amides is 2. The predicted molar refractivity (Wildman–Crippen MR) is 92.1 cm³/mol. The van der Waals surface area contributed by atoms with Gasteiger partial charge in [0.05, 0.1) is 19.0 Å². The molecule has 2 rings (SSSR count). The number of hydrogen-bond acceptors (Lipinski definition) is 4. The first-order valence-electron chi connectivity index (χ1n) is 7.43. The van der Waals surface area contributed by atoms with Crippen LogP contribution in [-0.2, 0) is 0 Å². The largest absolute Gasteiger partial charge is 0.481 e. The number of para-hydroxylation sites is 1. The number of nitrogens with zero attached hydrogens (tertiary/aromatic N) is 2. The van der Waals surface area contributed by atoms with Crippen molar-refractivity contribution in [2.75, 3.05) is 30.9 Å². The number of methoxy groups -OCH3 is 1. The maximum absolute atomic E-state index is 11.9. The van der Waals surface area contributed by atoms with Crippen molar-refractivity contribution in [2.45, 2.75) is 13.0 Å². The highest BCUT2D eigenvalue weighted by atomic mass is 16.5. The zero-order valence-corrected chi connectivity index (χ0v) is 13.6. The van der Waals surface area contributed by atoms with Gasteiger partial charge in [0.25, 0.3) is 0 Å². The monoisotopic (exact) mass is 314 g/mol. The number of carbonyl (C=O) groups is 1. The SMILES string of the molecule is COc1ccc(NC(=O)NC[C@H](C)N(C)c2ccccc2)cn1. The second-order valence-corrected chi connectivity index (χ2v) is 5.22. The number of rotatable bonds is 6. The first kappa shape index (κ1) is 16.6. The minimum atomic E-state index is -0.259. The first-order chi connectivity index (χ1) is 11.1. The van der Waals surface area contributed by atoms with E-state index in [4.69, 9.17) is 4.74 Å². The third-order valence-electron chi connectivity index (χ3n) is 3.59. The van der Waals surface area contributed by atoms with Crippen LogP contribution in [0.2, 0.25) is 0 Å². The average Bonchev–Trinajstić information content (AvgIpc) is 2.60. The number of carbonyl (C=O) groups excluding carboxylic acids is 1. The van der Waals surface area contributed by atoms with Gasteiger partial charge in [-0.15, -0.1) is 0 Å². The van der Waals surface area contributed by atoms with Crippen LogP contribution in [0.25, 0.3) is 0 Å². The van der Waals surface area contributed by atoms with E-state index in [0.717, 1.165) is 5.69 Å². The van der Waals surface area contributed by atoms with Crippen LogP contribution in [0.1, 0.15) is 6.92 Å². The quantitative estimate of drug-likeness (QED) is 0.860. The lowest BCUT2D eigenvalue weighted by Gasteiger charge is -2.27. The Morgan fingerprint density at radius 1 is 1.26 bits per heavy atom. The lowest BCUT2D eigenvalue weighted by Crippen LogP contribution is -2.41. The van der Waals surface area contributed by atoms with Gasteiger partial charge in [-0.3, -0.25) is 0 Å². The van der Waals surface area contributed by atoms with Gasteiger partial charge in [-0.25, -0.2) is 9.78 Å². The van der Waals surface area contributed by atoms with Gasteiger partial charge in [0.15, 0.2) is 0 Å². The van der Waals surface area contributed by atoms with Crippen molar-refractivity contribution in [3.05, 3.63) is 48.7 Å². The van der Waals surface area contributed by atoms with Gasteiger partial charge in [-0.05, 0) is 25.1 Å². The molecule has 0 aliphatic rings. The van der Waals surface area contributed by atoms with Crippen molar-refractivity contribution in [2.24, 2.45) is 0 Å². The van der Waals surface area contributed by atoms with Crippen molar-refractivity contribution >= 4 is 17.4 Å². The number of pyridine rings is 1. The van der Waals surface area contributed by atoms with E-state index in [0.29, 0.717) is 18.1 Å². The summed E-state index contributed by atoms with van der Waals surface area (Å²) in [6.45, 7) is 2.59. The van der Waals surface area contributed by atoms with E-state index in [9.17, 15) is 4.79 Å². The second kappa shape index (κ2) is 8.03. The van der Waals surface area contributed by atoms with Gasteiger partial charge in [0.1, 0.15) is 0 Å². The van der Waals surface area contributed by atoms with Crippen LogP contribution in [-0.4, -0.2) is 37.8 Å². The highest BCUT2D eigenvalue weighted by molar-refractivity contribution is 5.89. The maximum Gasteiger partial charge on any atom is 0.319 e. The van der Waals surface area contributed by atoms with E-state index in [-0.39, 0.29) is 12.1 Å². The molecule has 0 unspecified atom stereocenters. The van der Waals surface area contributed by atoms with Crippen LogP contribution >= 0.6 is 0 Å². The summed E-state index contributed by atoms with van der Waals surface area (Å²) in [7, 11) is 3.56. The molecule has 2 amide bonds. The van der Waals surface area contributed by atoms with Crippen LogP contribution in [0.4, 0.5) is 16.2 Å². The number of anilines is 2. The molecule has 1 atom stereocenters. The van der Waals surface area contributed by atoms with Crippen molar-refractivity contribution in [1.29, 1.82) is 0 Å². The smallest absolute Gasteiger partial charge is 0.319 e. The lowest BCUT2D eigenvalue weighted by molar-refractivity contribution is 0.251. The summed E-state index contributed by atoms with van der Waals surface area (Å²) in [5.41, 5.74) is 1.73. The van der Waals surface area contributed by atoms with Gasteiger partial charge >= 0.3 is 6.03 Å². The van der Waals surface area contributed by atoms with E-state index in [1.807, 2.05) is 37.4 Å². The number of likely N-dealkylation sites (N-methyl/N-ethyl adjacent to an activating group) is 1. The average molecular weight is 314 g/mol. The molecule has 0 radical (unpaired) electrons. The molecule has 2 aromatic rings. The molecule has 0 saturated carbocycles. The minimum Gasteiger partial charge on any atom is -0.481 e. The van der Waals surface area contributed by atoms with Crippen molar-refractivity contribution in [3.8, 4) is 5.88 Å². The van der Waals surface area contributed by atoms with Crippen LogP contribution in [0.15, 0.2) is 48.7 Å². The van der Waals surface area contributed by atoms with Crippen LogP contribution in [0.5, 0.6) is 5.88 Å². The topological polar surface area (TPSA) is 66.5 Å². The van der Waals surface area contributed by atoms with Crippen molar-refractivity contribution < 1.29 is 9.53 Å². The standard InChI is InChI=1S/C17H22N4O2/c1-13(21(2)15-7-5-4-6-8-15)11-19-17(22)20-14-9-10-16(23-3)18-12-14/h4-10,12-13H,11H2,1-3H3,(H2,19,20,22)/t13-/m0/s1. The Bertz CT molecular complexity index is 616. The Morgan fingerprint density at radius 3 is 2.61 bits per heavy atom. The summed E-state index contributed by atoms with van der Waals surface area (Å²) >= 11 is 0. The molecule has 122 valence electrons. The molecule has 1 aromatic carbocycles. The molecule has 0 aliphatic heterocycles. The molecule has 23 heavy (non-hydrogen) atoms. The number of ether oxygens (including phenoxy) is 1. The summed E-state index contributed by atoms with van der Waals surface area (Å²) < 4.78 is 4.98. The van der Waals surface area contributed by atoms with Gasteiger partial charge < -0.3 is 20.3 Å². The molecule has 0 bridgehead atoms. The molecular formula is C17H22N4O2. The van der Waals surface area contributed by atoms with Gasteiger partial charge in [0, 0.05) is 31.4 Å². The van der Waals surface area contributed by atoms with Gasteiger partial charge in [0.2, 0.25) is 5.88 Å². The molecular weight excluding hydrogens is 292 g/mol.